The van der Waals surface area contributed by atoms with Crippen LogP contribution in [0.3, 0.4) is 0 Å². The SMILES string of the molecule is CN(CC(O)C1CC1)C(=O)NC1CCN(Cc2ccc(F)cc2)CC1. The summed E-state index contributed by atoms with van der Waals surface area (Å²) in [6, 6.07) is 6.71. The van der Waals surface area contributed by atoms with Gasteiger partial charge in [-0.25, -0.2) is 9.18 Å². The molecule has 5 nitrogen and oxygen atoms in total. The molecule has 3 rings (SSSR count). The number of halogens is 1. The Balaban J connectivity index is 1.38. The van der Waals surface area contributed by atoms with Crippen molar-refractivity contribution >= 4 is 6.03 Å². The van der Waals surface area contributed by atoms with Gasteiger partial charge in [0.15, 0.2) is 0 Å². The maximum Gasteiger partial charge on any atom is 0.317 e. The molecule has 2 aliphatic rings. The third-order valence-electron chi connectivity index (χ3n) is 5.21. The smallest absolute Gasteiger partial charge is 0.317 e. The van der Waals surface area contributed by atoms with E-state index in [1.807, 2.05) is 12.1 Å². The van der Waals surface area contributed by atoms with Crippen LogP contribution in [0.25, 0.3) is 0 Å². The van der Waals surface area contributed by atoms with E-state index >= 15 is 0 Å². The van der Waals surface area contributed by atoms with Crippen LogP contribution in [0, 0.1) is 11.7 Å². The predicted octanol–water partition coefficient (Wildman–Crippen LogP) is 2.20. The van der Waals surface area contributed by atoms with Gasteiger partial charge in [-0.2, -0.15) is 0 Å². The molecular weight excluding hydrogens is 321 g/mol. The molecule has 0 radical (unpaired) electrons. The summed E-state index contributed by atoms with van der Waals surface area (Å²) in [7, 11) is 1.74. The molecule has 138 valence electrons. The zero-order chi connectivity index (χ0) is 17.8. The number of amides is 2. The van der Waals surface area contributed by atoms with Crippen molar-refractivity contribution in [3.63, 3.8) is 0 Å². The summed E-state index contributed by atoms with van der Waals surface area (Å²) in [5.41, 5.74) is 1.11. The molecule has 0 aromatic heterocycles. The van der Waals surface area contributed by atoms with Crippen molar-refractivity contribution < 1.29 is 14.3 Å². The van der Waals surface area contributed by atoms with Gasteiger partial charge in [-0.3, -0.25) is 4.90 Å². The van der Waals surface area contributed by atoms with Gasteiger partial charge >= 0.3 is 6.03 Å². The second-order valence-electron chi connectivity index (χ2n) is 7.41. The lowest BCUT2D eigenvalue weighted by Gasteiger charge is -2.33. The third kappa shape index (κ3) is 5.41. The number of urea groups is 1. The highest BCUT2D eigenvalue weighted by Crippen LogP contribution is 2.32. The average Bonchev–Trinajstić information content (AvgIpc) is 3.43. The van der Waals surface area contributed by atoms with Gasteiger partial charge in [-0.05, 0) is 49.3 Å². The first-order chi connectivity index (χ1) is 12.0. The van der Waals surface area contributed by atoms with Crippen LogP contribution in [0.5, 0.6) is 0 Å². The van der Waals surface area contributed by atoms with Crippen molar-refractivity contribution in [1.82, 2.24) is 15.1 Å². The Morgan fingerprint density at radius 2 is 1.92 bits per heavy atom. The number of rotatable bonds is 6. The molecule has 1 aliphatic carbocycles. The molecule has 1 aromatic rings. The van der Waals surface area contributed by atoms with E-state index < -0.39 is 6.10 Å². The number of carbonyl (C=O) groups is 1. The quantitative estimate of drug-likeness (QED) is 0.828. The first-order valence-electron chi connectivity index (χ1n) is 9.18. The number of hydrogen-bond acceptors (Lipinski definition) is 3. The number of aliphatic hydroxyl groups excluding tert-OH is 1. The standard InChI is InChI=1S/C19H28FN3O2/c1-22(13-18(24)15-4-5-15)19(25)21-17-8-10-23(11-9-17)12-14-2-6-16(20)7-3-14/h2-3,6-7,15,17-18,24H,4-5,8-13H2,1H3,(H,21,25). The topological polar surface area (TPSA) is 55.8 Å². The summed E-state index contributed by atoms with van der Waals surface area (Å²) in [6.07, 6.45) is 3.57. The summed E-state index contributed by atoms with van der Waals surface area (Å²) in [5.74, 6) is 0.172. The number of likely N-dealkylation sites (tertiary alicyclic amines) is 1. The molecule has 1 aliphatic heterocycles. The van der Waals surface area contributed by atoms with E-state index in [1.54, 1.807) is 11.9 Å². The Labute approximate surface area is 148 Å². The summed E-state index contributed by atoms with van der Waals surface area (Å²) in [4.78, 5) is 16.2. The van der Waals surface area contributed by atoms with E-state index in [0.717, 1.165) is 50.9 Å². The van der Waals surface area contributed by atoms with Gasteiger partial charge in [-0.15, -0.1) is 0 Å². The molecule has 1 saturated heterocycles. The minimum atomic E-state index is -0.395. The zero-order valence-electron chi connectivity index (χ0n) is 14.8. The Kier molecular flexibility index (Phi) is 5.91. The molecule has 2 N–H and O–H groups in total. The lowest BCUT2D eigenvalue weighted by molar-refractivity contribution is 0.110. The number of benzene rings is 1. The van der Waals surface area contributed by atoms with Crippen LogP contribution in [0.15, 0.2) is 24.3 Å². The van der Waals surface area contributed by atoms with Gasteiger partial charge in [0.1, 0.15) is 5.82 Å². The number of nitrogens with one attached hydrogen (secondary N) is 1. The highest BCUT2D eigenvalue weighted by molar-refractivity contribution is 5.74. The molecule has 2 fully saturated rings. The number of aliphatic hydroxyl groups is 1. The normalized spacial score (nSPS) is 20.3. The second kappa shape index (κ2) is 8.15. The van der Waals surface area contributed by atoms with E-state index in [1.165, 1.54) is 12.1 Å². The molecule has 1 saturated carbocycles. The van der Waals surface area contributed by atoms with Crippen LogP contribution in [0.2, 0.25) is 0 Å². The van der Waals surface area contributed by atoms with Gasteiger partial charge < -0.3 is 15.3 Å². The molecule has 1 aromatic carbocycles. The second-order valence-corrected chi connectivity index (χ2v) is 7.41. The van der Waals surface area contributed by atoms with Crippen LogP contribution in [-0.4, -0.2) is 59.8 Å². The maximum absolute atomic E-state index is 13.0. The Morgan fingerprint density at radius 3 is 2.52 bits per heavy atom. The van der Waals surface area contributed by atoms with E-state index in [-0.39, 0.29) is 17.9 Å². The molecule has 1 heterocycles. The monoisotopic (exact) mass is 349 g/mol. The highest BCUT2D eigenvalue weighted by Gasteiger charge is 2.31. The average molecular weight is 349 g/mol. The fraction of sp³-hybridized carbons (Fsp3) is 0.632. The van der Waals surface area contributed by atoms with Gasteiger partial charge in [0.05, 0.1) is 6.10 Å². The van der Waals surface area contributed by atoms with Crippen LogP contribution in [0.4, 0.5) is 9.18 Å². The summed E-state index contributed by atoms with van der Waals surface area (Å²) < 4.78 is 13.0. The molecule has 6 heteroatoms. The number of carbonyl (C=O) groups excluding carboxylic acids is 1. The van der Waals surface area contributed by atoms with Crippen molar-refractivity contribution in [2.45, 2.75) is 44.4 Å². The molecular formula is C19H28FN3O2. The number of piperidine rings is 1. The lowest BCUT2D eigenvalue weighted by Crippen LogP contribution is -2.49. The third-order valence-corrected chi connectivity index (χ3v) is 5.21. The fourth-order valence-electron chi connectivity index (χ4n) is 3.36. The van der Waals surface area contributed by atoms with E-state index in [9.17, 15) is 14.3 Å². The number of hydrogen-bond donors (Lipinski definition) is 2. The largest absolute Gasteiger partial charge is 0.391 e. The first kappa shape index (κ1) is 18.1. The first-order valence-corrected chi connectivity index (χ1v) is 9.18. The zero-order valence-corrected chi connectivity index (χ0v) is 14.8. The Morgan fingerprint density at radius 1 is 1.28 bits per heavy atom. The number of nitrogens with zero attached hydrogens (tertiary/aromatic N) is 2. The molecule has 25 heavy (non-hydrogen) atoms. The maximum atomic E-state index is 13.0. The van der Waals surface area contributed by atoms with Crippen molar-refractivity contribution in [3.05, 3.63) is 35.6 Å². The van der Waals surface area contributed by atoms with E-state index in [2.05, 4.69) is 10.2 Å². The Hall–Kier alpha value is -1.66. The van der Waals surface area contributed by atoms with E-state index in [4.69, 9.17) is 0 Å². The van der Waals surface area contributed by atoms with Crippen LogP contribution >= 0.6 is 0 Å². The molecule has 0 bridgehead atoms. The van der Waals surface area contributed by atoms with Crippen molar-refractivity contribution in [3.8, 4) is 0 Å². The summed E-state index contributed by atoms with van der Waals surface area (Å²) >= 11 is 0. The van der Waals surface area contributed by atoms with Crippen molar-refractivity contribution in [2.24, 2.45) is 5.92 Å². The lowest BCUT2D eigenvalue weighted by atomic mass is 10.0. The van der Waals surface area contributed by atoms with Crippen LogP contribution < -0.4 is 5.32 Å². The van der Waals surface area contributed by atoms with Gasteiger partial charge in [-0.1, -0.05) is 12.1 Å². The molecule has 1 unspecified atom stereocenters. The molecule has 0 spiro atoms. The number of likely N-dealkylation sites (N-methyl/N-ethyl adjacent to an activating group) is 1. The van der Waals surface area contributed by atoms with Gasteiger partial charge in [0, 0.05) is 39.3 Å². The fourth-order valence-corrected chi connectivity index (χ4v) is 3.36. The van der Waals surface area contributed by atoms with Crippen molar-refractivity contribution in [2.75, 3.05) is 26.7 Å². The Bertz CT molecular complexity index is 569. The van der Waals surface area contributed by atoms with Crippen molar-refractivity contribution in [1.29, 1.82) is 0 Å². The van der Waals surface area contributed by atoms with Crippen LogP contribution in [0.1, 0.15) is 31.2 Å². The summed E-state index contributed by atoms with van der Waals surface area (Å²) in [6.45, 7) is 3.04. The molecule has 2 amide bonds. The molecule has 1 atom stereocenters. The van der Waals surface area contributed by atoms with Gasteiger partial charge in [0.25, 0.3) is 0 Å². The highest BCUT2D eigenvalue weighted by atomic mass is 19.1. The van der Waals surface area contributed by atoms with Crippen LogP contribution in [-0.2, 0) is 6.54 Å². The van der Waals surface area contributed by atoms with Gasteiger partial charge in [0.2, 0.25) is 0 Å². The minimum absolute atomic E-state index is 0.100. The minimum Gasteiger partial charge on any atom is -0.391 e. The summed E-state index contributed by atoms with van der Waals surface area (Å²) in [5, 5.41) is 13.0. The predicted molar refractivity (Wildman–Crippen MR) is 94.6 cm³/mol. The van der Waals surface area contributed by atoms with E-state index in [0.29, 0.717) is 12.5 Å².